The van der Waals surface area contributed by atoms with Gasteiger partial charge in [-0.25, -0.2) is 5.26 Å². The monoisotopic (exact) mass is 236 g/mol. The minimum Gasteiger partial charge on any atom is -0.696 e. The van der Waals surface area contributed by atoms with Crippen molar-refractivity contribution in [3.05, 3.63) is 60.7 Å². The van der Waals surface area contributed by atoms with Crippen LogP contribution in [0.5, 0.6) is 0 Å². The number of nitrogens with zero attached hydrogens (tertiary/aromatic N) is 1. The molecule has 17 heavy (non-hydrogen) atoms. The van der Waals surface area contributed by atoms with Crippen LogP contribution in [0.4, 0.5) is 0 Å². The van der Waals surface area contributed by atoms with Crippen molar-refractivity contribution in [3.8, 4) is 5.40 Å². The van der Waals surface area contributed by atoms with E-state index in [1.807, 2.05) is 0 Å². The van der Waals surface area contributed by atoms with E-state index in [0.29, 0.717) is 0 Å². The molecule has 3 rings (SSSR count). The van der Waals surface area contributed by atoms with Crippen LogP contribution in [0.25, 0.3) is 21.5 Å². The Hall–Kier alpha value is -2.11. The number of benzene rings is 3. The molecule has 0 saturated carbocycles. The van der Waals surface area contributed by atoms with Crippen LogP contribution < -0.4 is 0 Å². The van der Waals surface area contributed by atoms with Gasteiger partial charge in [0, 0.05) is 0 Å². The first kappa shape index (κ1) is 11.4. The van der Waals surface area contributed by atoms with E-state index in [1.165, 1.54) is 26.9 Å². The normalized spacial score (nSPS) is 9.35. The van der Waals surface area contributed by atoms with Gasteiger partial charge < -0.3 is 12.6 Å². The summed E-state index contributed by atoms with van der Waals surface area (Å²) in [5.41, 5.74) is 0. The molecule has 0 fully saturated rings. The van der Waals surface area contributed by atoms with Crippen molar-refractivity contribution in [2.45, 2.75) is 0 Å². The molecular weight excluding hydrogens is 226 g/mol. The molecule has 0 atom stereocenters. The number of fused-ring (bicyclic) bond motifs is 2. The Labute approximate surface area is 106 Å². The molecule has 2 heteroatoms. The summed E-state index contributed by atoms with van der Waals surface area (Å²) in [7, 11) is 0. The third kappa shape index (κ3) is 2.52. The average Bonchev–Trinajstić information content (AvgIpc) is 2.37. The molecule has 0 aliphatic carbocycles. The van der Waals surface area contributed by atoms with Crippen molar-refractivity contribution < 1.29 is 0 Å². The molecule has 0 radical (unpaired) electrons. The second kappa shape index (κ2) is 5.29. The zero-order valence-electron chi connectivity index (χ0n) is 9.13. The van der Waals surface area contributed by atoms with E-state index >= 15 is 0 Å². The van der Waals surface area contributed by atoms with Crippen molar-refractivity contribution in [1.82, 2.24) is 0 Å². The highest BCUT2D eigenvalue weighted by Gasteiger charge is 1.95. The largest absolute Gasteiger partial charge is 0.696 e. The zero-order valence-corrected chi connectivity index (χ0v) is 9.95. The van der Waals surface area contributed by atoms with Crippen molar-refractivity contribution in [3.63, 3.8) is 0 Å². The maximum Gasteiger partial charge on any atom is -0.0178 e. The Balaban J connectivity index is 0.000000329. The predicted molar refractivity (Wildman–Crippen MR) is 74.4 cm³/mol. The molecule has 0 unspecified atom stereocenters. The van der Waals surface area contributed by atoms with Crippen LogP contribution in [0.15, 0.2) is 60.7 Å². The quantitative estimate of drug-likeness (QED) is 0.334. The fourth-order valence-electron chi connectivity index (χ4n) is 1.88. The van der Waals surface area contributed by atoms with Gasteiger partial charge in [-0.05, 0) is 33.7 Å². The topological polar surface area (TPSA) is 23.8 Å². The molecule has 0 N–H and O–H groups in total. The summed E-state index contributed by atoms with van der Waals surface area (Å²) in [5, 5.41) is 13.7. The van der Waals surface area contributed by atoms with Crippen LogP contribution in [0.3, 0.4) is 0 Å². The third-order valence-electron chi connectivity index (χ3n) is 2.61. The maximum absolute atomic E-state index is 7.13. The Morgan fingerprint density at radius 2 is 0.941 bits per heavy atom. The number of hydrogen-bond acceptors (Lipinski definition) is 2. The Morgan fingerprint density at radius 1 is 0.706 bits per heavy atom. The second-order valence-corrected chi connectivity index (χ2v) is 3.82. The molecule has 3 aromatic carbocycles. The average molecular weight is 236 g/mol. The van der Waals surface area contributed by atoms with Crippen molar-refractivity contribution >= 4 is 34.2 Å². The van der Waals surface area contributed by atoms with Crippen LogP contribution in [0, 0.1) is 10.7 Å². The molecule has 0 aliphatic heterocycles. The summed E-state index contributed by atoms with van der Waals surface area (Å²) < 4.78 is 0. The second-order valence-electron chi connectivity index (χ2n) is 3.64. The van der Waals surface area contributed by atoms with Gasteiger partial charge in [-0.1, -0.05) is 53.9 Å². The van der Waals surface area contributed by atoms with E-state index in [4.69, 9.17) is 5.26 Å². The van der Waals surface area contributed by atoms with Gasteiger partial charge in [-0.2, -0.15) is 0 Å². The first-order valence-electron chi connectivity index (χ1n) is 5.24. The van der Waals surface area contributed by atoms with Crippen LogP contribution in [-0.4, -0.2) is 0 Å². The summed E-state index contributed by atoms with van der Waals surface area (Å²) in [6.45, 7) is 0. The van der Waals surface area contributed by atoms with Gasteiger partial charge in [-0.15, -0.1) is 0 Å². The highest BCUT2D eigenvalue weighted by molar-refractivity contribution is 7.64. The van der Waals surface area contributed by atoms with E-state index in [0.717, 1.165) is 0 Å². The molecule has 0 aliphatic rings. The lowest BCUT2D eigenvalue weighted by atomic mass is 10.0. The third-order valence-corrected chi connectivity index (χ3v) is 2.61. The molecule has 3 aromatic rings. The van der Waals surface area contributed by atoms with Crippen molar-refractivity contribution in [1.29, 1.82) is 5.26 Å². The smallest absolute Gasteiger partial charge is 0.0178 e. The Kier molecular flexibility index (Phi) is 3.54. The van der Waals surface area contributed by atoms with E-state index in [-0.39, 0.29) is 0 Å². The highest BCUT2D eigenvalue weighted by atomic mass is 32.1. The van der Waals surface area contributed by atoms with Gasteiger partial charge in [0.1, 0.15) is 0 Å². The molecule has 0 aromatic heterocycles. The van der Waals surface area contributed by atoms with Gasteiger partial charge in [-0.3, -0.25) is 0 Å². The summed E-state index contributed by atoms with van der Waals surface area (Å²) in [6, 6.07) is 21.4. The Morgan fingerprint density at radius 3 is 1.18 bits per heavy atom. The van der Waals surface area contributed by atoms with E-state index in [2.05, 4.69) is 73.3 Å². The molecule has 0 amide bonds. The van der Waals surface area contributed by atoms with Crippen LogP contribution in [-0.2, 0) is 12.6 Å². The first-order chi connectivity index (χ1) is 8.35. The molecule has 0 bridgehead atoms. The molecule has 0 saturated heterocycles. The minimum atomic E-state index is 1.31. The molecular formula is C15H10NS-. The molecule has 1 nitrogen and oxygen atoms in total. The fourth-order valence-corrected chi connectivity index (χ4v) is 1.88. The van der Waals surface area contributed by atoms with Gasteiger partial charge in [0.15, 0.2) is 0 Å². The lowest BCUT2D eigenvalue weighted by Gasteiger charge is -2.00. The van der Waals surface area contributed by atoms with E-state index in [9.17, 15) is 0 Å². The first-order valence-corrected chi connectivity index (χ1v) is 5.65. The molecule has 0 spiro atoms. The van der Waals surface area contributed by atoms with Crippen LogP contribution in [0.2, 0.25) is 0 Å². The summed E-state index contributed by atoms with van der Waals surface area (Å²) in [6.07, 6.45) is 0. The number of rotatable bonds is 0. The summed E-state index contributed by atoms with van der Waals surface area (Å²) in [4.78, 5) is 0. The molecule has 82 valence electrons. The fraction of sp³-hybridized carbons (Fsp3) is 0. The van der Waals surface area contributed by atoms with Gasteiger partial charge >= 0.3 is 0 Å². The van der Waals surface area contributed by atoms with Crippen LogP contribution >= 0.6 is 0 Å². The lowest BCUT2D eigenvalue weighted by Crippen LogP contribution is -1.74. The van der Waals surface area contributed by atoms with Gasteiger partial charge in [0.05, 0.1) is 0 Å². The minimum absolute atomic E-state index is 1.31. The van der Waals surface area contributed by atoms with E-state index in [1.54, 1.807) is 0 Å². The zero-order chi connectivity index (χ0) is 12.1. The van der Waals surface area contributed by atoms with Gasteiger partial charge in [0.2, 0.25) is 0 Å². The summed E-state index contributed by atoms with van der Waals surface area (Å²) in [5.74, 6) is 0. The van der Waals surface area contributed by atoms with E-state index < -0.39 is 0 Å². The van der Waals surface area contributed by atoms with Crippen molar-refractivity contribution in [2.24, 2.45) is 0 Å². The number of hydrogen-bond donors (Lipinski definition) is 0. The van der Waals surface area contributed by atoms with Gasteiger partial charge in [0.25, 0.3) is 0 Å². The van der Waals surface area contributed by atoms with Crippen LogP contribution in [0.1, 0.15) is 0 Å². The van der Waals surface area contributed by atoms with Crippen molar-refractivity contribution in [2.75, 3.05) is 0 Å². The molecule has 0 heterocycles. The number of nitriles is 1. The predicted octanol–water partition coefficient (Wildman–Crippen LogP) is 4.01. The summed E-state index contributed by atoms with van der Waals surface area (Å²) >= 11 is 3.70. The standard InChI is InChI=1S/C14H10.CHNS/c1-2-6-12-10-14-8-4-3-7-13(14)9-11(12)5-1;2-1-3/h1-10H;3H/p-1. The Bertz CT molecular complexity index is 578. The maximum atomic E-state index is 7.13. The highest BCUT2D eigenvalue weighted by Crippen LogP contribution is 2.21. The lowest BCUT2D eigenvalue weighted by molar-refractivity contribution is 1.57. The SMILES string of the molecule is N#C[S-].c1ccc2cc3ccccc3cc2c1. The number of thiocyanates is 1.